The average molecular weight is 392 g/mol. The molecule has 5 rings (SSSR count). The van der Waals surface area contributed by atoms with Crippen molar-refractivity contribution in [2.24, 2.45) is 0 Å². The summed E-state index contributed by atoms with van der Waals surface area (Å²) in [6.45, 7) is 0. The first-order chi connectivity index (χ1) is 13.7. The molecule has 0 saturated heterocycles. The van der Waals surface area contributed by atoms with Gasteiger partial charge in [-0.1, -0.05) is 43.0 Å². The minimum Gasteiger partial charge on any atom is -0.342 e. The first kappa shape index (κ1) is 17.4. The van der Waals surface area contributed by atoms with E-state index in [4.69, 9.17) is 16.6 Å². The maximum atomic E-state index is 6.09. The molecule has 1 aliphatic rings. The van der Waals surface area contributed by atoms with E-state index in [1.807, 2.05) is 42.5 Å². The molecule has 0 atom stereocenters. The molecule has 0 N–H and O–H groups in total. The topological polar surface area (TPSA) is 46.3 Å². The smallest absolute Gasteiger partial charge is 0.213 e. The normalized spacial score (nSPS) is 15.4. The van der Waals surface area contributed by atoms with Gasteiger partial charge < -0.3 is 4.90 Å². The molecular weight excluding hydrogens is 370 g/mol. The summed E-state index contributed by atoms with van der Waals surface area (Å²) in [5, 5.41) is 10.8. The summed E-state index contributed by atoms with van der Waals surface area (Å²) >= 11 is 6.09. The summed E-state index contributed by atoms with van der Waals surface area (Å²) in [5.74, 6) is 1.69. The van der Waals surface area contributed by atoms with Crippen molar-refractivity contribution in [1.82, 2.24) is 19.6 Å². The number of anilines is 1. The molecule has 5 nitrogen and oxygen atoms in total. The highest BCUT2D eigenvalue weighted by Gasteiger charge is 2.24. The van der Waals surface area contributed by atoms with Crippen LogP contribution in [0, 0.1) is 0 Å². The lowest BCUT2D eigenvalue weighted by atomic mass is 9.95. The van der Waals surface area contributed by atoms with Crippen molar-refractivity contribution in [1.29, 1.82) is 0 Å². The molecule has 0 radical (unpaired) electrons. The molecule has 0 aliphatic heterocycles. The van der Waals surface area contributed by atoms with Crippen LogP contribution >= 0.6 is 11.6 Å². The third kappa shape index (κ3) is 2.90. The molecule has 1 fully saturated rings. The largest absolute Gasteiger partial charge is 0.342 e. The maximum absolute atomic E-state index is 6.09. The van der Waals surface area contributed by atoms with Crippen molar-refractivity contribution in [2.45, 2.75) is 38.1 Å². The zero-order valence-electron chi connectivity index (χ0n) is 15.8. The molecule has 28 heavy (non-hydrogen) atoms. The van der Waals surface area contributed by atoms with Gasteiger partial charge in [0.25, 0.3) is 0 Å². The fraction of sp³-hybridized carbons (Fsp3) is 0.318. The third-order valence-corrected chi connectivity index (χ3v) is 6.02. The van der Waals surface area contributed by atoms with Crippen molar-refractivity contribution in [3.8, 4) is 11.4 Å². The van der Waals surface area contributed by atoms with Crippen molar-refractivity contribution in [3.63, 3.8) is 0 Å². The lowest BCUT2D eigenvalue weighted by Crippen LogP contribution is -2.35. The fourth-order valence-corrected chi connectivity index (χ4v) is 4.35. The van der Waals surface area contributed by atoms with Crippen LogP contribution in [0.1, 0.15) is 32.1 Å². The minimum absolute atomic E-state index is 0.492. The summed E-state index contributed by atoms with van der Waals surface area (Å²) in [4.78, 5) is 7.36. The number of aromatic nitrogens is 4. The lowest BCUT2D eigenvalue weighted by Gasteiger charge is -2.32. The van der Waals surface area contributed by atoms with E-state index in [2.05, 4.69) is 32.6 Å². The molecule has 1 aliphatic carbocycles. The van der Waals surface area contributed by atoms with Gasteiger partial charge in [-0.3, -0.25) is 0 Å². The van der Waals surface area contributed by atoms with Crippen molar-refractivity contribution < 1.29 is 0 Å². The Hall–Kier alpha value is -2.66. The first-order valence-corrected chi connectivity index (χ1v) is 10.2. The molecular formula is C22H22ClN5. The zero-order chi connectivity index (χ0) is 19.1. The van der Waals surface area contributed by atoms with Crippen LogP contribution in [0.25, 0.3) is 27.9 Å². The number of fused-ring (bicyclic) bond motifs is 3. The van der Waals surface area contributed by atoms with E-state index in [0.29, 0.717) is 11.1 Å². The molecule has 0 bridgehead atoms. The Morgan fingerprint density at radius 2 is 1.71 bits per heavy atom. The van der Waals surface area contributed by atoms with Crippen LogP contribution in [0.2, 0.25) is 5.02 Å². The Bertz CT molecular complexity index is 1130. The van der Waals surface area contributed by atoms with E-state index >= 15 is 0 Å². The molecule has 2 aromatic carbocycles. The van der Waals surface area contributed by atoms with Crippen LogP contribution in [0.3, 0.4) is 0 Å². The molecule has 2 aromatic heterocycles. The van der Waals surface area contributed by atoms with Gasteiger partial charge in [0.05, 0.1) is 5.52 Å². The van der Waals surface area contributed by atoms with Crippen LogP contribution in [0.5, 0.6) is 0 Å². The summed E-state index contributed by atoms with van der Waals surface area (Å²) in [5.41, 5.74) is 2.77. The quantitative estimate of drug-likeness (QED) is 0.471. The van der Waals surface area contributed by atoms with Crippen molar-refractivity contribution in [2.75, 3.05) is 11.9 Å². The van der Waals surface area contributed by atoms with Gasteiger partial charge in [0.15, 0.2) is 11.5 Å². The summed E-state index contributed by atoms with van der Waals surface area (Å²) in [6, 6.07) is 16.4. The van der Waals surface area contributed by atoms with Gasteiger partial charge in [0, 0.05) is 29.1 Å². The van der Waals surface area contributed by atoms with Gasteiger partial charge in [-0.05, 0) is 49.2 Å². The third-order valence-electron chi connectivity index (χ3n) is 5.77. The number of para-hydroxylation sites is 1. The van der Waals surface area contributed by atoms with Crippen LogP contribution in [0.15, 0.2) is 48.5 Å². The predicted molar refractivity (Wildman–Crippen MR) is 114 cm³/mol. The van der Waals surface area contributed by atoms with Gasteiger partial charge >= 0.3 is 0 Å². The van der Waals surface area contributed by atoms with Crippen molar-refractivity contribution in [3.05, 3.63) is 53.6 Å². The van der Waals surface area contributed by atoms with Gasteiger partial charge in [-0.25, -0.2) is 9.38 Å². The SMILES string of the molecule is CN(c1nc2ccccc2c2nnc(-c3ccc(Cl)cc3)n12)C1CCCCC1. The molecule has 0 amide bonds. The Morgan fingerprint density at radius 1 is 0.964 bits per heavy atom. The highest BCUT2D eigenvalue weighted by molar-refractivity contribution is 6.30. The second-order valence-electron chi connectivity index (χ2n) is 7.52. The highest BCUT2D eigenvalue weighted by atomic mass is 35.5. The Kier molecular flexibility index (Phi) is 4.40. The van der Waals surface area contributed by atoms with E-state index in [-0.39, 0.29) is 0 Å². The summed E-state index contributed by atoms with van der Waals surface area (Å²) in [6.07, 6.45) is 6.28. The van der Waals surface area contributed by atoms with Crippen LogP contribution in [-0.2, 0) is 0 Å². The standard InChI is InChI=1S/C22H22ClN5/c1-27(17-7-3-2-4-8-17)22-24-19-10-6-5-9-18(19)21-26-25-20(28(21)22)15-11-13-16(23)14-12-15/h5-6,9-14,17H,2-4,7-8H2,1H3. The van der Waals surface area contributed by atoms with Gasteiger partial charge in [0.2, 0.25) is 5.95 Å². The van der Waals surface area contributed by atoms with E-state index in [0.717, 1.165) is 33.9 Å². The van der Waals surface area contributed by atoms with Crippen LogP contribution in [-0.4, -0.2) is 32.7 Å². The first-order valence-electron chi connectivity index (χ1n) is 9.85. The number of halogens is 1. The second kappa shape index (κ2) is 7.06. The lowest BCUT2D eigenvalue weighted by molar-refractivity contribution is 0.423. The van der Waals surface area contributed by atoms with Crippen molar-refractivity contribution >= 4 is 34.1 Å². The van der Waals surface area contributed by atoms with Gasteiger partial charge in [-0.15, -0.1) is 10.2 Å². The fourth-order valence-electron chi connectivity index (χ4n) is 4.22. The number of hydrogen-bond donors (Lipinski definition) is 0. The van der Waals surface area contributed by atoms with E-state index in [1.165, 1.54) is 32.1 Å². The van der Waals surface area contributed by atoms with Gasteiger partial charge in [0.1, 0.15) is 0 Å². The van der Waals surface area contributed by atoms with E-state index in [1.54, 1.807) is 0 Å². The molecule has 142 valence electrons. The Labute approximate surface area is 169 Å². The van der Waals surface area contributed by atoms with Crippen LogP contribution in [0.4, 0.5) is 5.95 Å². The molecule has 0 unspecified atom stereocenters. The molecule has 6 heteroatoms. The highest BCUT2D eigenvalue weighted by Crippen LogP contribution is 2.31. The Balaban J connectivity index is 1.76. The van der Waals surface area contributed by atoms with Crippen LogP contribution < -0.4 is 4.90 Å². The maximum Gasteiger partial charge on any atom is 0.213 e. The predicted octanol–water partition coefficient (Wildman–Crippen LogP) is 5.37. The number of rotatable bonds is 3. The molecule has 1 saturated carbocycles. The zero-order valence-corrected chi connectivity index (χ0v) is 16.6. The number of nitrogens with zero attached hydrogens (tertiary/aromatic N) is 5. The summed E-state index contributed by atoms with van der Waals surface area (Å²) in [7, 11) is 2.15. The summed E-state index contributed by atoms with van der Waals surface area (Å²) < 4.78 is 2.10. The number of benzene rings is 2. The number of hydrogen-bond acceptors (Lipinski definition) is 4. The van der Waals surface area contributed by atoms with E-state index in [9.17, 15) is 0 Å². The second-order valence-corrected chi connectivity index (χ2v) is 7.96. The Morgan fingerprint density at radius 3 is 2.50 bits per heavy atom. The molecule has 4 aromatic rings. The molecule has 2 heterocycles. The minimum atomic E-state index is 0.492. The molecule has 0 spiro atoms. The average Bonchev–Trinajstić information content (AvgIpc) is 3.19. The van der Waals surface area contributed by atoms with Gasteiger partial charge in [-0.2, -0.15) is 0 Å². The monoisotopic (exact) mass is 391 g/mol. The van der Waals surface area contributed by atoms with E-state index < -0.39 is 0 Å².